The van der Waals surface area contributed by atoms with Crippen molar-refractivity contribution in [3.8, 4) is 11.4 Å². The van der Waals surface area contributed by atoms with Crippen LogP contribution in [0.25, 0.3) is 21.6 Å². The van der Waals surface area contributed by atoms with Gasteiger partial charge in [0, 0.05) is 17.5 Å². The van der Waals surface area contributed by atoms with Gasteiger partial charge < -0.3 is 10.3 Å². The average molecular weight is 441 g/mol. The highest BCUT2D eigenvalue weighted by atomic mass is 32.2. The van der Waals surface area contributed by atoms with Gasteiger partial charge in [0.1, 0.15) is 22.3 Å². The quantitative estimate of drug-likeness (QED) is 0.364. The van der Waals surface area contributed by atoms with Crippen molar-refractivity contribution in [3.05, 3.63) is 46.3 Å². The van der Waals surface area contributed by atoms with Crippen LogP contribution in [0.4, 0.5) is 10.2 Å². The monoisotopic (exact) mass is 440 g/mol. The van der Waals surface area contributed by atoms with Crippen molar-refractivity contribution in [3.63, 3.8) is 0 Å². The van der Waals surface area contributed by atoms with Gasteiger partial charge in [-0.05, 0) is 55.5 Å². The molecule has 9 heteroatoms. The molecule has 3 aromatic heterocycles. The predicted molar refractivity (Wildman–Crippen MR) is 119 cm³/mol. The van der Waals surface area contributed by atoms with Crippen molar-refractivity contribution < 1.29 is 4.39 Å². The minimum Gasteiger partial charge on any atom is -0.383 e. The van der Waals surface area contributed by atoms with Gasteiger partial charge in [-0.25, -0.2) is 14.4 Å². The van der Waals surface area contributed by atoms with Crippen LogP contribution >= 0.6 is 23.1 Å². The summed E-state index contributed by atoms with van der Waals surface area (Å²) in [6, 6.07) is 6.25. The molecule has 0 amide bonds. The third kappa shape index (κ3) is 3.56. The molecule has 3 heterocycles. The number of nitrogens with two attached hydrogens (primary N) is 1. The molecule has 0 unspecified atom stereocenters. The molecule has 1 aliphatic carbocycles. The first-order valence-electron chi connectivity index (χ1n) is 9.95. The van der Waals surface area contributed by atoms with Crippen LogP contribution in [0.15, 0.2) is 29.4 Å². The molecule has 6 nitrogen and oxygen atoms in total. The Balaban J connectivity index is 1.38. The number of nitrogen functional groups attached to an aromatic ring is 1. The molecule has 4 aromatic rings. The van der Waals surface area contributed by atoms with E-state index in [0.29, 0.717) is 23.2 Å². The van der Waals surface area contributed by atoms with E-state index in [1.165, 1.54) is 53.6 Å². The molecule has 0 spiro atoms. The second-order valence-corrected chi connectivity index (χ2v) is 9.46. The molecule has 154 valence electrons. The van der Waals surface area contributed by atoms with E-state index in [1.807, 2.05) is 11.6 Å². The van der Waals surface area contributed by atoms with Gasteiger partial charge in [-0.2, -0.15) is 0 Å². The number of aryl methyl sites for hydroxylation is 2. The maximum absolute atomic E-state index is 13.2. The van der Waals surface area contributed by atoms with Crippen molar-refractivity contribution in [2.75, 3.05) is 5.73 Å². The summed E-state index contributed by atoms with van der Waals surface area (Å²) in [5.74, 6) is 2.26. The second-order valence-electron chi connectivity index (χ2n) is 7.43. The zero-order chi connectivity index (χ0) is 20.7. The summed E-state index contributed by atoms with van der Waals surface area (Å²) in [6.07, 6.45) is 5.90. The van der Waals surface area contributed by atoms with Gasteiger partial charge in [-0.1, -0.05) is 18.2 Å². The maximum atomic E-state index is 13.2. The number of hydrogen-bond acceptors (Lipinski definition) is 7. The van der Waals surface area contributed by atoms with Gasteiger partial charge in [0.15, 0.2) is 11.0 Å². The first-order chi connectivity index (χ1) is 14.6. The molecule has 2 N–H and O–H groups in total. The van der Waals surface area contributed by atoms with Crippen molar-refractivity contribution >= 4 is 39.1 Å². The lowest BCUT2D eigenvalue weighted by Crippen LogP contribution is -2.01. The Bertz CT molecular complexity index is 1210. The molecule has 0 aliphatic heterocycles. The fourth-order valence-corrected chi connectivity index (χ4v) is 5.95. The zero-order valence-electron chi connectivity index (χ0n) is 16.6. The Morgan fingerprint density at radius 3 is 2.73 bits per heavy atom. The summed E-state index contributed by atoms with van der Waals surface area (Å²) in [4.78, 5) is 11.8. The number of rotatable bonds is 4. The molecular formula is C21H21FN6S2. The molecule has 0 saturated carbocycles. The van der Waals surface area contributed by atoms with Crippen LogP contribution in [0, 0.1) is 5.82 Å². The number of fused-ring (bicyclic) bond motifs is 3. The summed E-state index contributed by atoms with van der Waals surface area (Å²) in [5, 5.41) is 10.3. The largest absolute Gasteiger partial charge is 0.383 e. The molecule has 5 rings (SSSR count). The molecule has 0 bridgehead atoms. The normalized spacial score (nSPS) is 14.1. The Morgan fingerprint density at radius 1 is 1.10 bits per heavy atom. The van der Waals surface area contributed by atoms with Crippen LogP contribution in [0.3, 0.4) is 0 Å². The van der Waals surface area contributed by atoms with Gasteiger partial charge in [-0.15, -0.1) is 21.5 Å². The second kappa shape index (κ2) is 7.96. The van der Waals surface area contributed by atoms with Crippen molar-refractivity contribution in [1.82, 2.24) is 24.7 Å². The van der Waals surface area contributed by atoms with Crippen LogP contribution in [-0.2, 0) is 25.6 Å². The molecule has 1 aromatic carbocycles. The minimum absolute atomic E-state index is 0.272. The SMILES string of the molecule is Cn1c(SCc2nc(N)c3c4c(sc3n2)CCCCC4)nnc1-c1ccc(F)cc1. The summed E-state index contributed by atoms with van der Waals surface area (Å²) in [7, 11) is 1.90. The van der Waals surface area contributed by atoms with Crippen LogP contribution in [0.1, 0.15) is 35.5 Å². The Labute approximate surface area is 181 Å². The number of halogens is 1. The minimum atomic E-state index is -0.272. The van der Waals surface area contributed by atoms with Gasteiger partial charge in [0.25, 0.3) is 0 Å². The van der Waals surface area contributed by atoms with Crippen molar-refractivity contribution in [1.29, 1.82) is 0 Å². The lowest BCUT2D eigenvalue weighted by molar-refractivity contribution is 0.628. The van der Waals surface area contributed by atoms with E-state index < -0.39 is 0 Å². The van der Waals surface area contributed by atoms with Gasteiger partial charge >= 0.3 is 0 Å². The third-order valence-electron chi connectivity index (χ3n) is 5.41. The predicted octanol–water partition coefficient (Wildman–Crippen LogP) is 4.77. The van der Waals surface area contributed by atoms with Crippen LogP contribution in [0.2, 0.25) is 0 Å². The molecule has 0 fully saturated rings. The number of aromatic nitrogens is 5. The number of benzene rings is 1. The van der Waals surface area contributed by atoms with Gasteiger partial charge in [-0.3, -0.25) is 0 Å². The molecule has 1 aliphatic rings. The van der Waals surface area contributed by atoms with E-state index in [-0.39, 0.29) is 5.82 Å². The molecule has 0 saturated heterocycles. The first kappa shape index (κ1) is 19.4. The maximum Gasteiger partial charge on any atom is 0.191 e. The Morgan fingerprint density at radius 2 is 1.90 bits per heavy atom. The van der Waals surface area contributed by atoms with E-state index in [2.05, 4.69) is 15.2 Å². The fourth-order valence-electron chi connectivity index (χ4n) is 3.89. The number of thioether (sulfide) groups is 1. The van der Waals surface area contributed by atoms with Crippen LogP contribution < -0.4 is 5.73 Å². The molecular weight excluding hydrogens is 419 g/mol. The number of hydrogen-bond donors (Lipinski definition) is 1. The standard InChI is InChI=1S/C21H21FN6S2/c1-28-19(12-7-9-13(22)10-8-12)26-27-21(28)29-11-16-24-18(23)17-14-5-3-2-4-6-15(14)30-20(17)25-16/h7-10H,2-6,11H2,1H3,(H2,23,24,25). The Hall–Kier alpha value is -2.52. The number of anilines is 1. The van der Waals surface area contributed by atoms with E-state index >= 15 is 0 Å². The summed E-state index contributed by atoms with van der Waals surface area (Å²) in [5.41, 5.74) is 8.53. The highest BCUT2D eigenvalue weighted by Crippen LogP contribution is 2.37. The summed E-state index contributed by atoms with van der Waals surface area (Å²) >= 11 is 3.28. The first-order valence-corrected chi connectivity index (χ1v) is 11.7. The van der Waals surface area contributed by atoms with E-state index in [9.17, 15) is 4.39 Å². The summed E-state index contributed by atoms with van der Waals surface area (Å²) in [6.45, 7) is 0. The topological polar surface area (TPSA) is 82.5 Å². The molecule has 30 heavy (non-hydrogen) atoms. The number of nitrogens with zero attached hydrogens (tertiary/aromatic N) is 5. The Kier molecular flexibility index (Phi) is 5.16. The number of thiophene rings is 1. The lowest BCUT2D eigenvalue weighted by Gasteiger charge is -2.05. The van der Waals surface area contributed by atoms with Gasteiger partial charge in [0.05, 0.1) is 11.1 Å². The fraction of sp³-hybridized carbons (Fsp3) is 0.333. The third-order valence-corrected chi connectivity index (χ3v) is 7.61. The van der Waals surface area contributed by atoms with Crippen LogP contribution in [0.5, 0.6) is 0 Å². The van der Waals surface area contributed by atoms with Crippen molar-refractivity contribution in [2.24, 2.45) is 7.05 Å². The summed E-state index contributed by atoms with van der Waals surface area (Å²) < 4.78 is 15.1. The molecule has 0 atom stereocenters. The van der Waals surface area contributed by atoms with E-state index in [1.54, 1.807) is 23.5 Å². The smallest absolute Gasteiger partial charge is 0.191 e. The van der Waals surface area contributed by atoms with E-state index in [4.69, 9.17) is 10.7 Å². The van der Waals surface area contributed by atoms with E-state index in [0.717, 1.165) is 33.8 Å². The molecule has 0 radical (unpaired) electrons. The highest BCUT2D eigenvalue weighted by molar-refractivity contribution is 7.98. The zero-order valence-corrected chi connectivity index (χ0v) is 18.2. The van der Waals surface area contributed by atoms with Crippen LogP contribution in [-0.4, -0.2) is 24.7 Å². The van der Waals surface area contributed by atoms with Gasteiger partial charge in [0.2, 0.25) is 0 Å². The average Bonchev–Trinajstić information content (AvgIpc) is 3.19. The lowest BCUT2D eigenvalue weighted by atomic mass is 10.1. The van der Waals surface area contributed by atoms with Crippen molar-refractivity contribution in [2.45, 2.75) is 43.0 Å². The highest BCUT2D eigenvalue weighted by Gasteiger charge is 2.20.